The molecule has 3 aromatic rings. The van der Waals surface area contributed by atoms with Crippen molar-refractivity contribution in [3.8, 4) is 0 Å². The minimum atomic E-state index is -0.803. The number of hydrogen-bond acceptors (Lipinski definition) is 3. The molecule has 0 spiro atoms. The second-order valence-corrected chi connectivity index (χ2v) is 8.57. The number of aliphatic hydroxyl groups is 1. The Bertz CT molecular complexity index is 1200. The molecule has 0 radical (unpaired) electrons. The third kappa shape index (κ3) is 4.29. The van der Waals surface area contributed by atoms with Crippen LogP contribution in [-0.2, 0) is 16.0 Å². The van der Waals surface area contributed by atoms with Crippen molar-refractivity contribution in [3.63, 3.8) is 0 Å². The number of halogens is 2. The highest BCUT2D eigenvalue weighted by Crippen LogP contribution is 2.42. The molecule has 1 amide bonds. The molecule has 4 rings (SSSR count). The van der Waals surface area contributed by atoms with Gasteiger partial charge in [0.1, 0.15) is 0 Å². The fourth-order valence-electron chi connectivity index (χ4n) is 3.90. The molecule has 1 N–H and O–H groups in total. The van der Waals surface area contributed by atoms with Crippen molar-refractivity contribution in [1.82, 2.24) is 0 Å². The van der Waals surface area contributed by atoms with Crippen LogP contribution in [0.25, 0.3) is 0 Å². The van der Waals surface area contributed by atoms with E-state index in [0.29, 0.717) is 27.7 Å². The number of benzene rings is 3. The van der Waals surface area contributed by atoms with Gasteiger partial charge in [-0.15, -0.1) is 0 Å². The maximum absolute atomic E-state index is 13.3. The maximum Gasteiger partial charge on any atom is 0.294 e. The molecule has 1 aliphatic rings. The second-order valence-electron chi connectivity index (χ2n) is 7.76. The Kier molecular flexibility index (Phi) is 6.35. The van der Waals surface area contributed by atoms with Gasteiger partial charge in [-0.2, -0.15) is 0 Å². The maximum atomic E-state index is 13.3. The van der Waals surface area contributed by atoms with Gasteiger partial charge in [-0.1, -0.05) is 77.3 Å². The van der Waals surface area contributed by atoms with Crippen LogP contribution in [0.15, 0.2) is 84.1 Å². The fraction of sp³-hybridized carbons (Fsp3) is 0.154. The summed E-state index contributed by atoms with van der Waals surface area (Å²) >= 11 is 12.3. The minimum Gasteiger partial charge on any atom is -0.503 e. The molecule has 0 saturated carbocycles. The summed E-state index contributed by atoms with van der Waals surface area (Å²) in [6.07, 6.45) is 0.666. The van der Waals surface area contributed by atoms with E-state index in [9.17, 15) is 14.7 Å². The highest BCUT2D eigenvalue weighted by atomic mass is 35.5. The first kappa shape index (κ1) is 22.1. The minimum absolute atomic E-state index is 0.0740. The molecule has 1 unspecified atom stereocenters. The van der Waals surface area contributed by atoms with E-state index in [0.717, 1.165) is 11.1 Å². The van der Waals surface area contributed by atoms with Crippen LogP contribution in [0.2, 0.25) is 10.0 Å². The van der Waals surface area contributed by atoms with E-state index >= 15 is 0 Å². The van der Waals surface area contributed by atoms with Crippen LogP contribution >= 0.6 is 23.2 Å². The van der Waals surface area contributed by atoms with Crippen LogP contribution in [-0.4, -0.2) is 16.8 Å². The van der Waals surface area contributed by atoms with Gasteiger partial charge < -0.3 is 5.11 Å². The number of aryl methyl sites for hydroxylation is 2. The van der Waals surface area contributed by atoms with Crippen molar-refractivity contribution in [1.29, 1.82) is 0 Å². The molecule has 0 aliphatic carbocycles. The van der Waals surface area contributed by atoms with Crippen LogP contribution in [0, 0.1) is 6.92 Å². The van der Waals surface area contributed by atoms with Gasteiger partial charge in [0.15, 0.2) is 11.5 Å². The summed E-state index contributed by atoms with van der Waals surface area (Å²) in [5.74, 6) is -1.43. The largest absolute Gasteiger partial charge is 0.503 e. The molecule has 0 fully saturated rings. The number of carbonyl (C=O) groups is 2. The summed E-state index contributed by atoms with van der Waals surface area (Å²) < 4.78 is 0. The lowest BCUT2D eigenvalue weighted by Crippen LogP contribution is -2.31. The number of ketones is 1. The standard InChI is InChI=1S/C26H21Cl2NO3/c1-16-7-11-19(12-8-16)29-24(18-10-13-20(27)21(28)15-18)23(25(31)26(29)32)22(30)14-9-17-5-3-2-4-6-17/h2-8,10-13,15,24,31H,9,14H2,1H3. The average Bonchev–Trinajstić information content (AvgIpc) is 3.06. The van der Waals surface area contributed by atoms with E-state index in [4.69, 9.17) is 23.2 Å². The van der Waals surface area contributed by atoms with Crippen molar-refractivity contribution in [2.45, 2.75) is 25.8 Å². The van der Waals surface area contributed by atoms with Gasteiger partial charge >= 0.3 is 0 Å². The Morgan fingerprint density at radius 1 is 0.969 bits per heavy atom. The topological polar surface area (TPSA) is 57.6 Å². The highest BCUT2D eigenvalue weighted by molar-refractivity contribution is 6.42. The number of nitrogens with zero attached hydrogens (tertiary/aromatic N) is 1. The smallest absolute Gasteiger partial charge is 0.294 e. The Labute approximate surface area is 196 Å². The van der Waals surface area contributed by atoms with Gasteiger partial charge in [0.25, 0.3) is 5.91 Å². The van der Waals surface area contributed by atoms with Gasteiger partial charge in [0.2, 0.25) is 0 Å². The van der Waals surface area contributed by atoms with Crippen LogP contribution in [0.3, 0.4) is 0 Å². The normalized spacial score (nSPS) is 16.0. The van der Waals surface area contributed by atoms with Crippen LogP contribution in [0.1, 0.15) is 29.2 Å². The quantitative estimate of drug-likeness (QED) is 0.457. The highest BCUT2D eigenvalue weighted by Gasteiger charge is 2.44. The van der Waals surface area contributed by atoms with E-state index in [1.165, 1.54) is 4.90 Å². The number of carbonyl (C=O) groups excluding carboxylic acids is 2. The summed E-state index contributed by atoms with van der Waals surface area (Å²) in [4.78, 5) is 27.8. The molecule has 3 aromatic carbocycles. The van der Waals surface area contributed by atoms with E-state index in [1.54, 1.807) is 30.3 Å². The molecule has 1 aliphatic heterocycles. The number of amides is 1. The van der Waals surface area contributed by atoms with Crippen LogP contribution in [0.4, 0.5) is 5.69 Å². The first-order chi connectivity index (χ1) is 15.4. The lowest BCUT2D eigenvalue weighted by atomic mass is 9.93. The van der Waals surface area contributed by atoms with Crippen molar-refractivity contribution in [2.75, 3.05) is 4.90 Å². The van der Waals surface area contributed by atoms with Gasteiger partial charge in [-0.3, -0.25) is 14.5 Å². The van der Waals surface area contributed by atoms with Crippen molar-refractivity contribution in [2.24, 2.45) is 0 Å². The Balaban J connectivity index is 1.75. The Morgan fingerprint density at radius 3 is 2.31 bits per heavy atom. The van der Waals surface area contributed by atoms with Crippen molar-refractivity contribution >= 4 is 40.6 Å². The molecule has 162 valence electrons. The molecule has 0 saturated heterocycles. The third-order valence-electron chi connectivity index (χ3n) is 5.56. The molecule has 1 heterocycles. The Morgan fingerprint density at radius 2 is 1.66 bits per heavy atom. The number of anilines is 1. The Hall–Kier alpha value is -3.08. The molecule has 0 aromatic heterocycles. The number of rotatable bonds is 6. The zero-order chi connectivity index (χ0) is 22.8. The van der Waals surface area contributed by atoms with Crippen LogP contribution in [0.5, 0.6) is 0 Å². The van der Waals surface area contributed by atoms with Crippen molar-refractivity contribution < 1.29 is 14.7 Å². The predicted octanol–water partition coefficient (Wildman–Crippen LogP) is 6.40. The number of hydrogen-bond donors (Lipinski definition) is 1. The number of aliphatic hydroxyl groups excluding tert-OH is 1. The van der Waals surface area contributed by atoms with E-state index in [2.05, 4.69) is 0 Å². The van der Waals surface area contributed by atoms with Gasteiger partial charge in [-0.05, 0) is 48.7 Å². The van der Waals surface area contributed by atoms with Gasteiger partial charge in [0.05, 0.1) is 21.7 Å². The van der Waals surface area contributed by atoms with Crippen molar-refractivity contribution in [3.05, 3.63) is 111 Å². The third-order valence-corrected chi connectivity index (χ3v) is 6.30. The summed E-state index contributed by atoms with van der Waals surface area (Å²) in [6.45, 7) is 1.94. The number of Topliss-reactive ketones (excluding diaryl/α,β-unsaturated/α-hetero) is 1. The lowest BCUT2D eigenvalue weighted by Gasteiger charge is -2.27. The van der Waals surface area contributed by atoms with Gasteiger partial charge in [-0.25, -0.2) is 0 Å². The lowest BCUT2D eigenvalue weighted by molar-refractivity contribution is -0.118. The van der Waals surface area contributed by atoms with Gasteiger partial charge in [0, 0.05) is 12.1 Å². The summed E-state index contributed by atoms with van der Waals surface area (Å²) in [6, 6.07) is 21.1. The van der Waals surface area contributed by atoms with E-state index in [-0.39, 0.29) is 17.8 Å². The molecule has 6 heteroatoms. The SMILES string of the molecule is Cc1ccc(N2C(=O)C(O)=C(C(=O)CCc3ccccc3)C2c2ccc(Cl)c(Cl)c2)cc1. The first-order valence-corrected chi connectivity index (χ1v) is 11.0. The molecular weight excluding hydrogens is 445 g/mol. The summed E-state index contributed by atoms with van der Waals surface area (Å²) in [5.41, 5.74) is 3.29. The fourth-order valence-corrected chi connectivity index (χ4v) is 4.20. The zero-order valence-corrected chi connectivity index (χ0v) is 18.9. The second kappa shape index (κ2) is 9.19. The molecule has 0 bridgehead atoms. The average molecular weight is 466 g/mol. The molecule has 32 heavy (non-hydrogen) atoms. The summed E-state index contributed by atoms with van der Waals surface area (Å²) in [7, 11) is 0. The molecule has 4 nitrogen and oxygen atoms in total. The monoisotopic (exact) mass is 465 g/mol. The first-order valence-electron chi connectivity index (χ1n) is 10.2. The summed E-state index contributed by atoms with van der Waals surface area (Å²) in [5, 5.41) is 11.5. The van der Waals surface area contributed by atoms with E-state index in [1.807, 2.05) is 49.4 Å². The van der Waals surface area contributed by atoms with Crippen LogP contribution < -0.4 is 4.90 Å². The zero-order valence-electron chi connectivity index (χ0n) is 17.4. The van der Waals surface area contributed by atoms with E-state index < -0.39 is 17.7 Å². The molecule has 1 atom stereocenters. The molecular formula is C26H21Cl2NO3. The predicted molar refractivity (Wildman–Crippen MR) is 127 cm³/mol.